The Balaban J connectivity index is 1.77. The first-order valence-corrected chi connectivity index (χ1v) is 13.9. The highest BCUT2D eigenvalue weighted by Gasteiger charge is 2.28. The van der Waals surface area contributed by atoms with Crippen molar-refractivity contribution in [2.45, 2.75) is 65.4 Å². The van der Waals surface area contributed by atoms with Gasteiger partial charge in [0.2, 0.25) is 5.90 Å². The highest BCUT2D eigenvalue weighted by molar-refractivity contribution is 9.10. The zero-order chi connectivity index (χ0) is 26.5. The standard InChI is InChI=1S/C29H36BrN5O2/c1-5-8-27(36)35(25-17-20(3)22(30)18-24(25)34-15-6-7-16-34)26-14-13-23(32-4)28(33-26)29(31)37-21-11-9-19(2)10-12-21/h13-14,17-19,21,31-32H,6-7,9-12,15-16H2,1-4H3. The lowest BCUT2D eigenvalue weighted by Crippen LogP contribution is -2.30. The number of halogens is 1. The number of hydrogen-bond donors (Lipinski definition) is 2. The Kier molecular flexibility index (Phi) is 8.75. The molecule has 1 saturated heterocycles. The number of aryl methyl sites for hydroxylation is 1. The summed E-state index contributed by atoms with van der Waals surface area (Å²) in [4.78, 5) is 22.2. The van der Waals surface area contributed by atoms with E-state index in [4.69, 9.17) is 15.1 Å². The van der Waals surface area contributed by atoms with Gasteiger partial charge in [0.1, 0.15) is 17.6 Å². The van der Waals surface area contributed by atoms with Gasteiger partial charge in [0, 0.05) is 24.6 Å². The third-order valence-corrected chi connectivity index (χ3v) is 8.07. The van der Waals surface area contributed by atoms with E-state index in [0.29, 0.717) is 23.1 Å². The van der Waals surface area contributed by atoms with Crippen LogP contribution >= 0.6 is 15.9 Å². The predicted molar refractivity (Wildman–Crippen MR) is 154 cm³/mol. The number of carbonyl (C=O) groups excluding carboxylic acids is 1. The van der Waals surface area contributed by atoms with Crippen molar-refractivity contribution in [1.82, 2.24) is 4.98 Å². The number of nitrogens with one attached hydrogen (secondary N) is 2. The molecule has 1 aromatic heterocycles. The van der Waals surface area contributed by atoms with Crippen LogP contribution in [-0.4, -0.2) is 43.0 Å². The Morgan fingerprint density at radius 2 is 1.92 bits per heavy atom. The van der Waals surface area contributed by atoms with Gasteiger partial charge in [0.05, 0.1) is 17.1 Å². The molecule has 0 radical (unpaired) electrons. The molecule has 1 aromatic carbocycles. The number of rotatable bonds is 6. The topological polar surface area (TPSA) is 81.5 Å². The summed E-state index contributed by atoms with van der Waals surface area (Å²) in [5.41, 5.74) is 3.77. The molecule has 2 fully saturated rings. The third-order valence-electron chi connectivity index (χ3n) is 7.22. The van der Waals surface area contributed by atoms with Crippen molar-refractivity contribution in [2.75, 3.05) is 35.3 Å². The monoisotopic (exact) mass is 565 g/mol. The number of anilines is 4. The largest absolute Gasteiger partial charge is 0.473 e. The van der Waals surface area contributed by atoms with Gasteiger partial charge in [-0.05, 0) is 94.0 Å². The molecular weight excluding hydrogens is 530 g/mol. The number of amides is 1. The van der Waals surface area contributed by atoms with Crippen molar-refractivity contribution in [1.29, 1.82) is 5.41 Å². The molecular formula is C29H36BrN5O2. The summed E-state index contributed by atoms with van der Waals surface area (Å²) in [5.74, 6) is 6.22. The summed E-state index contributed by atoms with van der Waals surface area (Å²) in [5, 5.41) is 11.9. The van der Waals surface area contributed by atoms with Gasteiger partial charge in [0.15, 0.2) is 0 Å². The van der Waals surface area contributed by atoms with E-state index in [0.717, 1.165) is 73.0 Å². The average Bonchev–Trinajstić information content (AvgIpc) is 3.42. The number of benzene rings is 1. The van der Waals surface area contributed by atoms with Crippen LogP contribution in [-0.2, 0) is 9.53 Å². The van der Waals surface area contributed by atoms with Crippen LogP contribution in [0.4, 0.5) is 22.9 Å². The van der Waals surface area contributed by atoms with Crippen molar-refractivity contribution in [2.24, 2.45) is 5.92 Å². The molecule has 1 aliphatic heterocycles. The van der Waals surface area contributed by atoms with Crippen molar-refractivity contribution in [3.8, 4) is 11.8 Å². The number of pyridine rings is 1. The van der Waals surface area contributed by atoms with E-state index >= 15 is 0 Å². The maximum absolute atomic E-state index is 13.5. The molecule has 0 spiro atoms. The maximum atomic E-state index is 13.5. The molecule has 2 heterocycles. The summed E-state index contributed by atoms with van der Waals surface area (Å²) in [6, 6.07) is 7.73. The van der Waals surface area contributed by atoms with Crippen LogP contribution in [0.3, 0.4) is 0 Å². The molecule has 4 rings (SSSR count). The van der Waals surface area contributed by atoms with Crippen molar-refractivity contribution >= 4 is 50.6 Å². The van der Waals surface area contributed by atoms with E-state index in [9.17, 15) is 4.79 Å². The molecule has 1 amide bonds. The predicted octanol–water partition coefficient (Wildman–Crippen LogP) is 6.40. The van der Waals surface area contributed by atoms with Gasteiger partial charge < -0.3 is 15.0 Å². The molecule has 2 aliphatic rings. The Hall–Kier alpha value is -3.05. The fourth-order valence-electron chi connectivity index (χ4n) is 5.06. The van der Waals surface area contributed by atoms with Gasteiger partial charge in [-0.3, -0.25) is 15.1 Å². The van der Waals surface area contributed by atoms with E-state index in [-0.39, 0.29) is 17.9 Å². The highest BCUT2D eigenvalue weighted by Crippen LogP contribution is 2.40. The summed E-state index contributed by atoms with van der Waals surface area (Å²) < 4.78 is 7.08. The summed E-state index contributed by atoms with van der Waals surface area (Å²) in [6.45, 7) is 7.78. The molecule has 0 bridgehead atoms. The van der Waals surface area contributed by atoms with Gasteiger partial charge in [-0.25, -0.2) is 4.98 Å². The van der Waals surface area contributed by atoms with E-state index in [1.165, 1.54) is 0 Å². The number of ether oxygens (including phenoxy) is 1. The minimum absolute atomic E-state index is 0.0125. The molecule has 0 atom stereocenters. The van der Waals surface area contributed by atoms with E-state index in [2.05, 4.69) is 51.0 Å². The van der Waals surface area contributed by atoms with Crippen molar-refractivity contribution in [3.05, 3.63) is 40.0 Å². The molecule has 1 aliphatic carbocycles. The summed E-state index contributed by atoms with van der Waals surface area (Å²) in [6.07, 6.45) is 6.31. The zero-order valence-corrected chi connectivity index (χ0v) is 23.7. The Bertz CT molecular complexity index is 1220. The highest BCUT2D eigenvalue weighted by atomic mass is 79.9. The van der Waals surface area contributed by atoms with Gasteiger partial charge >= 0.3 is 5.91 Å². The lowest BCUT2D eigenvalue weighted by atomic mass is 9.89. The second-order valence-electron chi connectivity index (χ2n) is 9.94. The van der Waals surface area contributed by atoms with E-state index in [1.807, 2.05) is 19.1 Å². The molecule has 2 aromatic rings. The first-order valence-electron chi connectivity index (χ1n) is 13.1. The third kappa shape index (κ3) is 6.10. The van der Waals surface area contributed by atoms with Crippen LogP contribution in [0.2, 0.25) is 0 Å². The Morgan fingerprint density at radius 1 is 1.22 bits per heavy atom. The quantitative estimate of drug-likeness (QED) is 0.240. The first kappa shape index (κ1) is 27.0. The lowest BCUT2D eigenvalue weighted by molar-refractivity contribution is -0.112. The summed E-state index contributed by atoms with van der Waals surface area (Å²) >= 11 is 3.67. The van der Waals surface area contributed by atoms with Gasteiger partial charge in [-0.15, -0.1) is 0 Å². The molecule has 1 saturated carbocycles. The first-order chi connectivity index (χ1) is 17.8. The normalized spacial score (nSPS) is 19.1. The van der Waals surface area contributed by atoms with E-state index in [1.54, 1.807) is 24.9 Å². The summed E-state index contributed by atoms with van der Waals surface area (Å²) in [7, 11) is 1.80. The molecule has 0 unspecified atom stereocenters. The molecule has 2 N–H and O–H groups in total. The smallest absolute Gasteiger partial charge is 0.308 e. The fourth-order valence-corrected chi connectivity index (χ4v) is 5.40. The van der Waals surface area contributed by atoms with Gasteiger partial charge in [-0.1, -0.05) is 28.8 Å². The number of aromatic nitrogens is 1. The van der Waals surface area contributed by atoms with Crippen LogP contribution in [0.15, 0.2) is 28.7 Å². The zero-order valence-electron chi connectivity index (χ0n) is 22.2. The van der Waals surface area contributed by atoms with Crippen LogP contribution in [0, 0.1) is 30.1 Å². The second-order valence-corrected chi connectivity index (χ2v) is 10.8. The minimum Gasteiger partial charge on any atom is -0.473 e. The Morgan fingerprint density at radius 3 is 2.57 bits per heavy atom. The molecule has 8 heteroatoms. The lowest BCUT2D eigenvalue weighted by Gasteiger charge is -2.29. The second kappa shape index (κ2) is 12.0. The molecule has 7 nitrogen and oxygen atoms in total. The van der Waals surface area contributed by atoms with E-state index < -0.39 is 0 Å². The number of carbonyl (C=O) groups is 1. The SMILES string of the molecule is CC#CC(=O)N(c1ccc(NC)c(C(=N)OC2CCC(C)CC2)n1)c1cc(C)c(Br)cc1N1CCCC1. The van der Waals surface area contributed by atoms with Crippen LogP contribution in [0.1, 0.15) is 63.6 Å². The van der Waals surface area contributed by atoms with Gasteiger partial charge in [0.25, 0.3) is 0 Å². The van der Waals surface area contributed by atoms with Crippen molar-refractivity contribution < 1.29 is 9.53 Å². The fraction of sp³-hybridized carbons (Fsp3) is 0.483. The van der Waals surface area contributed by atoms with Crippen LogP contribution in [0.5, 0.6) is 0 Å². The molecule has 37 heavy (non-hydrogen) atoms. The maximum Gasteiger partial charge on any atom is 0.308 e. The van der Waals surface area contributed by atoms with Crippen molar-refractivity contribution in [3.63, 3.8) is 0 Å². The Labute approximate surface area is 228 Å². The number of nitrogens with zero attached hydrogens (tertiary/aromatic N) is 3. The van der Waals surface area contributed by atoms with Gasteiger partial charge in [-0.2, -0.15) is 0 Å². The van der Waals surface area contributed by atoms with Crippen LogP contribution in [0.25, 0.3) is 0 Å². The molecule has 196 valence electrons. The number of hydrogen-bond acceptors (Lipinski definition) is 6. The minimum atomic E-state index is -0.367. The van der Waals surface area contributed by atoms with Crippen LogP contribution < -0.4 is 15.1 Å². The average molecular weight is 567 g/mol.